The number of hydrogen-bond acceptors (Lipinski definition) is 15. The fourth-order valence-electron chi connectivity index (χ4n) is 11.5. The van der Waals surface area contributed by atoms with Crippen LogP contribution >= 0.6 is 11.6 Å². The average molecular weight is 1300 g/mol. The van der Waals surface area contributed by atoms with Crippen molar-refractivity contribution in [3.05, 3.63) is 102 Å². The number of amides is 6. The zero-order valence-corrected chi connectivity index (χ0v) is 55.8. The van der Waals surface area contributed by atoms with Crippen LogP contribution in [0.5, 0.6) is 11.5 Å². The van der Waals surface area contributed by atoms with E-state index in [1.165, 1.54) is 36.0 Å². The van der Waals surface area contributed by atoms with E-state index in [9.17, 15) is 46.3 Å². The van der Waals surface area contributed by atoms with Crippen LogP contribution in [0.4, 0.5) is 33.1 Å². The molecule has 4 aliphatic rings. The molecule has 91 heavy (non-hydrogen) atoms. The lowest BCUT2D eigenvalue weighted by molar-refractivity contribution is -0.142. The molecule has 500 valence electrons. The molecule has 10 atom stereocenters. The Labute approximate surface area is 536 Å². The Morgan fingerprint density at radius 1 is 0.582 bits per heavy atom. The van der Waals surface area contributed by atoms with Gasteiger partial charge in [-0.1, -0.05) is 41.5 Å². The molecular weight excluding hydrogens is 1210 g/mol. The van der Waals surface area contributed by atoms with Gasteiger partial charge >= 0.3 is 12.2 Å². The molecule has 2 N–H and O–H groups in total. The molecule has 1 saturated carbocycles. The van der Waals surface area contributed by atoms with Gasteiger partial charge in [-0.2, -0.15) is 0 Å². The van der Waals surface area contributed by atoms with E-state index in [2.05, 4.69) is 35.5 Å². The number of ether oxygens (including phenoxy) is 4. The first-order valence-electron chi connectivity index (χ1n) is 30.6. The Balaban J connectivity index is 0.000000263. The zero-order chi connectivity index (χ0) is 67.7. The maximum absolute atomic E-state index is 14.4. The molecule has 0 unspecified atom stereocenters. The lowest BCUT2D eigenvalue weighted by atomic mass is 9.85. The third-order valence-electron chi connectivity index (χ3n) is 16.4. The van der Waals surface area contributed by atoms with E-state index >= 15 is 0 Å². The van der Waals surface area contributed by atoms with Crippen LogP contribution in [0.15, 0.2) is 73.3 Å². The summed E-state index contributed by atoms with van der Waals surface area (Å²) < 4.78 is 76.8. The quantitative estimate of drug-likeness (QED) is 0.0833. The molecular formula is C65H90ClF4N11O10. The first-order chi connectivity index (χ1) is 42.4. The topological polar surface area (TPSA) is 231 Å². The van der Waals surface area contributed by atoms with E-state index < -0.39 is 93.5 Å². The minimum absolute atomic E-state index is 0.0307. The predicted octanol–water partition coefficient (Wildman–Crippen LogP) is 9.91. The number of nitrogens with one attached hydrogen (secondary N) is 2. The van der Waals surface area contributed by atoms with Gasteiger partial charge in [0.25, 0.3) is 0 Å². The van der Waals surface area contributed by atoms with Crippen LogP contribution in [-0.4, -0.2) is 176 Å². The Morgan fingerprint density at radius 2 is 1.00 bits per heavy atom. The Kier molecular flexibility index (Phi) is 24.1. The summed E-state index contributed by atoms with van der Waals surface area (Å²) in [7, 11) is 2.97. The number of likely N-dealkylation sites (N-methyl/N-ethyl adjacent to an activating group) is 2. The van der Waals surface area contributed by atoms with Gasteiger partial charge in [0, 0.05) is 88.5 Å². The molecule has 3 saturated heterocycles. The third-order valence-corrected chi connectivity index (χ3v) is 16.6. The van der Waals surface area contributed by atoms with Gasteiger partial charge in [-0.25, -0.2) is 47.1 Å². The molecule has 2 aromatic heterocycles. The highest BCUT2D eigenvalue weighted by Crippen LogP contribution is 2.44. The number of rotatable bonds is 15. The molecule has 0 spiro atoms. The number of carbonyl (C=O) groups is 6. The average Bonchev–Trinajstić information content (AvgIpc) is 1.63. The Morgan fingerprint density at radius 3 is 1.41 bits per heavy atom. The van der Waals surface area contributed by atoms with Crippen LogP contribution in [0.25, 0.3) is 0 Å². The summed E-state index contributed by atoms with van der Waals surface area (Å²) in [5.74, 6) is -4.17. The van der Waals surface area contributed by atoms with E-state index in [0.717, 1.165) is 43.5 Å². The maximum atomic E-state index is 14.4. The molecule has 0 bridgehead atoms. The second-order valence-corrected chi connectivity index (χ2v) is 28.0. The van der Waals surface area contributed by atoms with E-state index in [-0.39, 0.29) is 66.5 Å². The molecule has 4 aromatic rings. The fourth-order valence-corrected chi connectivity index (χ4v) is 11.6. The summed E-state index contributed by atoms with van der Waals surface area (Å²) in [6.45, 7) is 26.8. The van der Waals surface area contributed by atoms with Gasteiger partial charge in [-0.3, -0.25) is 29.0 Å². The van der Waals surface area contributed by atoms with Crippen molar-refractivity contribution in [3.63, 3.8) is 0 Å². The Bertz CT molecular complexity index is 3150. The summed E-state index contributed by atoms with van der Waals surface area (Å²) in [6, 6.07) is 6.27. The smallest absolute Gasteiger partial charge is 0.410 e. The van der Waals surface area contributed by atoms with Gasteiger partial charge in [-0.05, 0) is 146 Å². The number of anilines is 1. The van der Waals surface area contributed by atoms with Crippen LogP contribution in [0, 0.1) is 51.9 Å². The Hall–Kier alpha value is -7.57. The molecule has 1 aliphatic carbocycles. The molecule has 5 heterocycles. The van der Waals surface area contributed by atoms with E-state index in [1.807, 2.05) is 46.4 Å². The summed E-state index contributed by atoms with van der Waals surface area (Å²) in [6.07, 6.45) is 8.52. The predicted molar refractivity (Wildman–Crippen MR) is 334 cm³/mol. The van der Waals surface area contributed by atoms with Gasteiger partial charge < -0.3 is 44.3 Å². The van der Waals surface area contributed by atoms with Gasteiger partial charge in [0.1, 0.15) is 46.9 Å². The largest absolute Gasteiger partial charge is 0.493 e. The summed E-state index contributed by atoms with van der Waals surface area (Å²) in [5, 5.41) is 6.11. The maximum Gasteiger partial charge on any atom is 0.410 e. The van der Waals surface area contributed by atoms with Crippen molar-refractivity contribution in [2.24, 2.45) is 28.6 Å². The second kappa shape index (κ2) is 30.2. The monoisotopic (exact) mass is 1300 g/mol. The minimum Gasteiger partial charge on any atom is -0.493 e. The molecule has 21 nitrogen and oxygen atoms in total. The number of hydrogen-bond donors (Lipinski definition) is 2. The molecule has 4 fully saturated rings. The number of nitrogens with zero attached hydrogens (tertiary/aromatic N) is 9. The molecule has 2 aromatic carbocycles. The van der Waals surface area contributed by atoms with Crippen LogP contribution in [0.1, 0.15) is 123 Å². The number of benzene rings is 2. The summed E-state index contributed by atoms with van der Waals surface area (Å²) >= 11 is 5.32. The number of aromatic nitrogens is 4. The number of halogens is 5. The van der Waals surface area contributed by atoms with E-state index in [4.69, 9.17) is 30.5 Å². The van der Waals surface area contributed by atoms with Gasteiger partial charge in [0.2, 0.25) is 34.9 Å². The number of likely N-dealkylation sites (tertiary alicyclic amines) is 2. The van der Waals surface area contributed by atoms with Gasteiger partial charge in [0.15, 0.2) is 23.3 Å². The van der Waals surface area contributed by atoms with Crippen molar-refractivity contribution in [3.8, 4) is 11.5 Å². The van der Waals surface area contributed by atoms with Crippen LogP contribution < -0.4 is 25.0 Å². The van der Waals surface area contributed by atoms with Crippen LogP contribution in [0.2, 0.25) is 5.28 Å². The fraction of sp³-hybridized carbons (Fsp3) is 0.600. The van der Waals surface area contributed by atoms with Crippen LogP contribution in [-0.2, 0) is 28.7 Å². The van der Waals surface area contributed by atoms with Crippen molar-refractivity contribution < 1.29 is 65.3 Å². The van der Waals surface area contributed by atoms with Crippen LogP contribution in [0.3, 0.4) is 0 Å². The lowest BCUT2D eigenvalue weighted by Crippen LogP contribution is -2.60. The molecule has 0 radical (unpaired) electrons. The second-order valence-electron chi connectivity index (χ2n) is 27.7. The standard InChI is InChI=1S/C32H44F2N6O5.C29H43F2N3O5.C4H3ClN2/c1-19(38(8)30(43)45-32(5,6)7)27(41)37-26(31(2,3)4)28(42)39-15-12-24-25(39)20(17-40(24)29-35-13-9-14-36-29)18-44-21-10-11-22(33)23(34)16-21;1-17(33(8)27(37)39-29(5,6)7)25(35)32-24(28(2,3)4)26(36)34-14-13-18-9-10-19(23(18)34)16-38-20-11-12-21(30)22(31)15-20;5-4-6-2-1-3-7-4/h9-11,13-14,16,19-20,24-26H,12,15,17-18H2,1-8H3,(H,37,41);11-12,15,17-19,23-24H,9-10,13-14,16H2,1-8H3,(H,32,35);1-3H/t19-,20+,24+,25+,26+;17-,18+,19+,23-,24+;/m00./s1. The van der Waals surface area contributed by atoms with Crippen molar-refractivity contribution >= 4 is 53.4 Å². The zero-order valence-electron chi connectivity index (χ0n) is 55.1. The van der Waals surface area contributed by atoms with Crippen molar-refractivity contribution in [1.82, 2.24) is 50.2 Å². The number of fused-ring (bicyclic) bond motifs is 2. The highest BCUT2D eigenvalue weighted by Gasteiger charge is 2.54. The van der Waals surface area contributed by atoms with Gasteiger partial charge in [-0.15, -0.1) is 0 Å². The highest BCUT2D eigenvalue weighted by molar-refractivity contribution is 6.28. The highest BCUT2D eigenvalue weighted by atomic mass is 35.5. The summed E-state index contributed by atoms with van der Waals surface area (Å²) in [5.41, 5.74) is -2.70. The van der Waals surface area contributed by atoms with Gasteiger partial charge in [0.05, 0.1) is 25.3 Å². The lowest BCUT2D eigenvalue weighted by Gasteiger charge is -2.38. The van der Waals surface area contributed by atoms with Crippen molar-refractivity contribution in [2.45, 2.75) is 176 Å². The minimum atomic E-state index is -1.01. The molecule has 6 amide bonds. The molecule has 3 aliphatic heterocycles. The normalized spacial score (nSPS) is 20.8. The number of carbonyl (C=O) groups excluding carboxylic acids is 6. The first-order valence-corrected chi connectivity index (χ1v) is 31.0. The first kappa shape index (κ1) is 72.5. The summed E-state index contributed by atoms with van der Waals surface area (Å²) in [4.78, 5) is 104. The van der Waals surface area contributed by atoms with E-state index in [1.54, 1.807) is 97.2 Å². The third kappa shape index (κ3) is 19.5. The SMILES string of the molecule is C[C@@H](C(=O)N[C@H](C(=O)N1CC[C@@H]2[C@H]1[C@@H](COc1ccc(F)c(F)c1)CN2c1ncccn1)C(C)(C)C)N(C)C(=O)OC(C)(C)C.C[C@@H](C(=O)N[C@H](C(=O)N1CC[C@H]2CC[C@H](COc3ccc(F)c(F)c3)[C@H]21)C(C)(C)C)N(C)C(=O)OC(C)(C)C.Clc1ncccn1. The van der Waals surface area contributed by atoms with Crippen molar-refractivity contribution in [2.75, 3.05) is 51.8 Å². The molecule has 26 heteroatoms. The van der Waals surface area contributed by atoms with E-state index in [0.29, 0.717) is 43.2 Å². The van der Waals surface area contributed by atoms with Crippen molar-refractivity contribution in [1.29, 1.82) is 0 Å². The molecule has 8 rings (SSSR count).